The third-order valence-corrected chi connectivity index (χ3v) is 11.0. The lowest BCUT2D eigenvalue weighted by Crippen LogP contribution is -2.40. The quantitative estimate of drug-likeness (QED) is 0.341. The van der Waals surface area contributed by atoms with Crippen molar-refractivity contribution in [3.8, 4) is 11.1 Å². The van der Waals surface area contributed by atoms with E-state index in [2.05, 4.69) is 20.0 Å². The second kappa shape index (κ2) is 14.0. The topological polar surface area (TPSA) is 91.5 Å². The van der Waals surface area contributed by atoms with Gasteiger partial charge in [0, 0.05) is 87.3 Å². The number of likely N-dealkylation sites (tertiary alicyclic amines) is 1. The molecular formula is C36H48F2N8O2. The lowest BCUT2D eigenvalue weighted by atomic mass is 9.92. The Bertz CT molecular complexity index is 1640. The van der Waals surface area contributed by atoms with E-state index in [0.717, 1.165) is 85.9 Å². The maximum atomic E-state index is 14.6. The number of alkyl halides is 2. The van der Waals surface area contributed by atoms with Crippen molar-refractivity contribution in [1.29, 1.82) is 0 Å². The first-order chi connectivity index (χ1) is 23.3. The fourth-order valence-corrected chi connectivity index (χ4v) is 8.31. The van der Waals surface area contributed by atoms with E-state index in [1.807, 2.05) is 15.9 Å². The van der Waals surface area contributed by atoms with Gasteiger partial charge >= 0.3 is 0 Å². The fourth-order valence-electron chi connectivity index (χ4n) is 8.31. The third-order valence-electron chi connectivity index (χ3n) is 11.0. The Hall–Kier alpha value is -3.80. The van der Waals surface area contributed by atoms with Crippen LogP contribution in [-0.2, 0) is 36.0 Å². The summed E-state index contributed by atoms with van der Waals surface area (Å²) in [7, 11) is 1.79. The van der Waals surface area contributed by atoms with Gasteiger partial charge in [-0.3, -0.25) is 19.0 Å². The molecule has 0 radical (unpaired) electrons. The highest BCUT2D eigenvalue weighted by molar-refractivity contribution is 5.78. The second-order valence-corrected chi connectivity index (χ2v) is 14.1. The lowest BCUT2D eigenvalue weighted by molar-refractivity contribution is -0.132. The van der Waals surface area contributed by atoms with Gasteiger partial charge in [-0.15, -0.1) is 0 Å². The van der Waals surface area contributed by atoms with E-state index in [1.165, 1.54) is 12.8 Å². The van der Waals surface area contributed by atoms with E-state index < -0.39 is 6.43 Å². The molecule has 0 bridgehead atoms. The molecular weight excluding hydrogens is 614 g/mol. The maximum absolute atomic E-state index is 14.6. The van der Waals surface area contributed by atoms with Crippen molar-refractivity contribution in [2.45, 2.75) is 90.1 Å². The summed E-state index contributed by atoms with van der Waals surface area (Å²) in [4.78, 5) is 31.6. The average Bonchev–Trinajstić information content (AvgIpc) is 3.71. The van der Waals surface area contributed by atoms with Crippen LogP contribution in [0.3, 0.4) is 0 Å². The molecule has 3 aromatic rings. The summed E-state index contributed by atoms with van der Waals surface area (Å²) in [5.41, 5.74) is 5.10. The van der Waals surface area contributed by atoms with Crippen molar-refractivity contribution in [3.05, 3.63) is 46.9 Å². The van der Waals surface area contributed by atoms with Crippen molar-refractivity contribution in [1.82, 2.24) is 34.7 Å². The molecule has 2 fully saturated rings. The van der Waals surface area contributed by atoms with Crippen LogP contribution in [0.4, 0.5) is 20.3 Å². The third kappa shape index (κ3) is 6.60. The number of piperidine rings is 2. The SMILES string of the molecule is CC(=O)N1CCc2c(c(N3CCCc4cc(-c5cnn(C)c5)c(C(F)F)cc43)nn2C2CCN(C(=O)CCCC3CCNCC3)CC2)C1. The summed E-state index contributed by atoms with van der Waals surface area (Å²) in [5.74, 6) is 1.78. The van der Waals surface area contributed by atoms with E-state index in [9.17, 15) is 18.4 Å². The van der Waals surface area contributed by atoms with Crippen LogP contribution in [0.5, 0.6) is 0 Å². The molecule has 0 unspecified atom stereocenters. The monoisotopic (exact) mass is 662 g/mol. The first kappa shape index (κ1) is 32.7. The van der Waals surface area contributed by atoms with Crippen molar-refractivity contribution in [3.63, 3.8) is 0 Å². The molecule has 4 aliphatic rings. The number of aryl methyl sites for hydroxylation is 2. The zero-order valence-electron chi connectivity index (χ0n) is 28.3. The lowest BCUT2D eigenvalue weighted by Gasteiger charge is -2.34. The number of carbonyl (C=O) groups excluding carboxylic acids is 2. The first-order valence-corrected chi connectivity index (χ1v) is 17.8. The fraction of sp³-hybridized carbons (Fsp3) is 0.611. The van der Waals surface area contributed by atoms with E-state index in [0.29, 0.717) is 56.7 Å². The molecule has 2 amide bonds. The van der Waals surface area contributed by atoms with Crippen LogP contribution < -0.4 is 10.2 Å². The van der Waals surface area contributed by atoms with Gasteiger partial charge in [0.2, 0.25) is 11.8 Å². The Morgan fingerprint density at radius 1 is 1.02 bits per heavy atom. The van der Waals surface area contributed by atoms with Crippen molar-refractivity contribution in [2.24, 2.45) is 13.0 Å². The van der Waals surface area contributed by atoms with Gasteiger partial charge in [-0.1, -0.05) is 0 Å². The summed E-state index contributed by atoms with van der Waals surface area (Å²) in [6.45, 7) is 6.94. The molecule has 1 aromatic carbocycles. The van der Waals surface area contributed by atoms with Gasteiger partial charge in [-0.05, 0) is 93.6 Å². The van der Waals surface area contributed by atoms with Crippen LogP contribution in [0.1, 0.15) is 93.1 Å². The molecule has 1 N–H and O–H groups in total. The Labute approximate surface area is 281 Å². The van der Waals surface area contributed by atoms with Crippen LogP contribution >= 0.6 is 0 Å². The smallest absolute Gasteiger partial charge is 0.264 e. The van der Waals surface area contributed by atoms with Gasteiger partial charge in [0.05, 0.1) is 18.8 Å². The molecule has 4 aliphatic heterocycles. The average molecular weight is 663 g/mol. The van der Waals surface area contributed by atoms with Crippen molar-refractivity contribution < 1.29 is 18.4 Å². The number of benzene rings is 1. The molecule has 7 rings (SSSR count). The number of nitrogens with one attached hydrogen (secondary N) is 1. The highest BCUT2D eigenvalue weighted by Crippen LogP contribution is 2.43. The van der Waals surface area contributed by atoms with Gasteiger partial charge in [0.1, 0.15) is 0 Å². The van der Waals surface area contributed by atoms with Crippen LogP contribution in [0.2, 0.25) is 0 Å². The molecule has 0 atom stereocenters. The normalized spacial score (nSPS) is 19.1. The number of rotatable bonds is 8. The number of fused-ring (bicyclic) bond motifs is 2. The van der Waals surface area contributed by atoms with Crippen LogP contribution in [0.25, 0.3) is 11.1 Å². The molecule has 0 spiro atoms. The highest BCUT2D eigenvalue weighted by Gasteiger charge is 2.35. The van der Waals surface area contributed by atoms with Gasteiger partial charge in [0.15, 0.2) is 5.82 Å². The van der Waals surface area contributed by atoms with E-state index in [1.54, 1.807) is 37.1 Å². The summed E-state index contributed by atoms with van der Waals surface area (Å²) in [5, 5.41) is 12.9. The highest BCUT2D eigenvalue weighted by atomic mass is 19.3. The van der Waals surface area contributed by atoms with Gasteiger partial charge < -0.3 is 20.0 Å². The Balaban J connectivity index is 1.13. The first-order valence-electron chi connectivity index (χ1n) is 17.8. The molecule has 12 heteroatoms. The standard InChI is InChI=1S/C36H48F2N8O2/c1-24(47)44-18-12-32-31(23-44)36(41-46(32)28-10-16-43(17-11-28)34(48)7-3-5-25-8-13-39-14-9-25)45-15-4-6-26-19-29(27-21-40-42(2)22-27)30(35(37)38)20-33(26)45/h19-22,25,28,35,39H,3-18,23H2,1-2H3. The molecule has 258 valence electrons. The van der Waals surface area contributed by atoms with E-state index >= 15 is 0 Å². The van der Waals surface area contributed by atoms with Crippen molar-refractivity contribution >= 4 is 23.3 Å². The molecule has 2 aromatic heterocycles. The number of halogens is 2. The predicted molar refractivity (Wildman–Crippen MR) is 180 cm³/mol. The summed E-state index contributed by atoms with van der Waals surface area (Å²) >= 11 is 0. The van der Waals surface area contributed by atoms with Gasteiger partial charge in [0.25, 0.3) is 6.43 Å². The number of anilines is 2. The maximum Gasteiger partial charge on any atom is 0.264 e. The Morgan fingerprint density at radius 2 is 1.81 bits per heavy atom. The van der Waals surface area contributed by atoms with Crippen molar-refractivity contribution in [2.75, 3.05) is 44.2 Å². The number of aromatic nitrogens is 4. The number of hydrogen-bond donors (Lipinski definition) is 1. The number of amides is 2. The number of hydrogen-bond acceptors (Lipinski definition) is 6. The van der Waals surface area contributed by atoms with E-state index in [4.69, 9.17) is 5.10 Å². The minimum absolute atomic E-state index is 0.0138. The minimum Gasteiger partial charge on any atom is -0.343 e. The molecule has 48 heavy (non-hydrogen) atoms. The van der Waals surface area contributed by atoms with Gasteiger partial charge in [-0.2, -0.15) is 10.2 Å². The van der Waals surface area contributed by atoms with Crippen LogP contribution in [-0.4, -0.2) is 80.4 Å². The molecule has 6 heterocycles. The number of carbonyl (C=O) groups is 2. The minimum atomic E-state index is -2.65. The van der Waals surface area contributed by atoms with Crippen LogP contribution in [0.15, 0.2) is 24.5 Å². The molecule has 10 nitrogen and oxygen atoms in total. The summed E-state index contributed by atoms with van der Waals surface area (Å²) < 4.78 is 33.0. The largest absolute Gasteiger partial charge is 0.343 e. The molecule has 0 saturated carbocycles. The summed E-state index contributed by atoms with van der Waals surface area (Å²) in [6.07, 6.45) is 9.89. The van der Waals surface area contributed by atoms with E-state index in [-0.39, 0.29) is 23.4 Å². The second-order valence-electron chi connectivity index (χ2n) is 14.1. The molecule has 0 aliphatic carbocycles. The predicted octanol–water partition coefficient (Wildman–Crippen LogP) is 5.54. The summed E-state index contributed by atoms with van der Waals surface area (Å²) in [6, 6.07) is 3.70. The zero-order chi connectivity index (χ0) is 33.4. The zero-order valence-corrected chi connectivity index (χ0v) is 28.3. The van der Waals surface area contributed by atoms with Gasteiger partial charge in [-0.25, -0.2) is 8.78 Å². The molecule has 2 saturated heterocycles. The van der Waals surface area contributed by atoms with Crippen LogP contribution in [0, 0.1) is 5.92 Å². The number of nitrogens with zero attached hydrogens (tertiary/aromatic N) is 7. The Morgan fingerprint density at radius 3 is 2.52 bits per heavy atom. The Kier molecular flexibility index (Phi) is 9.53.